The van der Waals surface area contributed by atoms with Gasteiger partial charge in [-0.25, -0.2) is 4.98 Å². The van der Waals surface area contributed by atoms with Gasteiger partial charge in [-0.3, -0.25) is 4.98 Å². The van der Waals surface area contributed by atoms with Crippen molar-refractivity contribution in [1.29, 1.82) is 0 Å². The van der Waals surface area contributed by atoms with Gasteiger partial charge in [-0.05, 0) is 79.1 Å². The molecule has 0 aliphatic heterocycles. The summed E-state index contributed by atoms with van der Waals surface area (Å²) in [5.74, 6) is 0. The lowest BCUT2D eigenvalue weighted by Crippen LogP contribution is -2.10. The molecule has 0 spiro atoms. The van der Waals surface area contributed by atoms with E-state index < -0.39 is 0 Å². The van der Waals surface area contributed by atoms with Crippen LogP contribution in [0.15, 0.2) is 65.2 Å². The summed E-state index contributed by atoms with van der Waals surface area (Å²) in [5, 5.41) is 2.10. The summed E-state index contributed by atoms with van der Waals surface area (Å²) in [4.78, 5) is 9.70. The van der Waals surface area contributed by atoms with Crippen LogP contribution < -0.4 is 0 Å². The molecule has 3 heteroatoms. The molecule has 0 fully saturated rings. The molecule has 5 rings (SSSR count). The lowest BCUT2D eigenvalue weighted by Gasteiger charge is -2.20. The number of benzene rings is 2. The Morgan fingerprint density at radius 3 is 2.24 bits per heavy atom. The first-order valence-electron chi connectivity index (χ1n) is 11.6. The molecule has 166 valence electrons. The number of hydrogen-bond donors (Lipinski definition) is 0. The van der Waals surface area contributed by atoms with Crippen LogP contribution in [0.1, 0.15) is 43.0 Å². The standard InChI is InChI=1S/C30H30N2O/c1-18-9-7-10-19(2)27(18)25-14-13-23-22-11-8-12-24(28(22)33-29(23)32-25)26-15-21(16-30(4,5)6)20(3)17-31-26/h7-15,17H,16H2,1-6H3. The first-order valence-corrected chi connectivity index (χ1v) is 11.6. The molecule has 0 bridgehead atoms. The number of fused-ring (bicyclic) bond motifs is 3. The molecule has 0 saturated heterocycles. The van der Waals surface area contributed by atoms with E-state index in [0.717, 1.165) is 39.7 Å². The summed E-state index contributed by atoms with van der Waals surface area (Å²) >= 11 is 0. The van der Waals surface area contributed by atoms with Crippen molar-refractivity contribution >= 4 is 22.1 Å². The van der Waals surface area contributed by atoms with Crippen molar-refractivity contribution in [1.82, 2.24) is 9.97 Å². The smallest absolute Gasteiger partial charge is 0.227 e. The van der Waals surface area contributed by atoms with Crippen molar-refractivity contribution in [2.75, 3.05) is 0 Å². The van der Waals surface area contributed by atoms with Gasteiger partial charge in [0.2, 0.25) is 5.71 Å². The maximum Gasteiger partial charge on any atom is 0.227 e. The fourth-order valence-electron chi connectivity index (χ4n) is 4.71. The quantitative estimate of drug-likeness (QED) is 0.287. The van der Waals surface area contributed by atoms with E-state index in [-0.39, 0.29) is 5.41 Å². The largest absolute Gasteiger partial charge is 0.437 e. The second kappa shape index (κ2) is 7.84. The highest BCUT2D eigenvalue weighted by molar-refractivity contribution is 6.08. The molecule has 0 saturated carbocycles. The molecule has 3 heterocycles. The molecule has 0 aliphatic rings. The van der Waals surface area contributed by atoms with E-state index in [1.165, 1.54) is 27.8 Å². The van der Waals surface area contributed by atoms with Crippen LogP contribution in [-0.4, -0.2) is 9.97 Å². The van der Waals surface area contributed by atoms with E-state index >= 15 is 0 Å². The minimum Gasteiger partial charge on any atom is -0.437 e. The van der Waals surface area contributed by atoms with Gasteiger partial charge in [-0.15, -0.1) is 0 Å². The van der Waals surface area contributed by atoms with Gasteiger partial charge >= 0.3 is 0 Å². The summed E-state index contributed by atoms with van der Waals surface area (Å²) < 4.78 is 6.40. The van der Waals surface area contributed by atoms with Gasteiger partial charge < -0.3 is 4.42 Å². The average Bonchev–Trinajstić information content (AvgIpc) is 3.12. The van der Waals surface area contributed by atoms with E-state index in [4.69, 9.17) is 14.4 Å². The summed E-state index contributed by atoms with van der Waals surface area (Å²) in [6, 6.07) is 19.1. The summed E-state index contributed by atoms with van der Waals surface area (Å²) in [6.45, 7) is 13.2. The van der Waals surface area contributed by atoms with Gasteiger partial charge in [0.15, 0.2) is 0 Å². The summed E-state index contributed by atoms with van der Waals surface area (Å²) in [7, 11) is 0. The van der Waals surface area contributed by atoms with Crippen LogP contribution >= 0.6 is 0 Å². The molecule has 33 heavy (non-hydrogen) atoms. The Morgan fingerprint density at radius 2 is 1.52 bits per heavy atom. The van der Waals surface area contributed by atoms with E-state index in [1.54, 1.807) is 0 Å². The zero-order valence-corrected chi connectivity index (χ0v) is 20.3. The predicted octanol–water partition coefficient (Wildman–Crippen LogP) is 8.22. The van der Waals surface area contributed by atoms with Crippen molar-refractivity contribution in [3.8, 4) is 22.5 Å². The fourth-order valence-corrected chi connectivity index (χ4v) is 4.71. The van der Waals surface area contributed by atoms with E-state index in [2.05, 4.69) is 96.1 Å². The molecule has 5 aromatic rings. The van der Waals surface area contributed by atoms with Gasteiger partial charge in [0.1, 0.15) is 5.58 Å². The molecule has 0 N–H and O–H groups in total. The molecule has 2 aromatic carbocycles. The Hall–Kier alpha value is -3.46. The number of pyridine rings is 2. The van der Waals surface area contributed by atoms with Crippen molar-refractivity contribution in [3.63, 3.8) is 0 Å². The minimum atomic E-state index is 0.211. The normalized spacial score (nSPS) is 12.1. The number of aryl methyl sites for hydroxylation is 3. The van der Waals surface area contributed by atoms with Gasteiger partial charge in [-0.2, -0.15) is 0 Å². The zero-order valence-electron chi connectivity index (χ0n) is 20.3. The Balaban J connectivity index is 1.67. The number of para-hydroxylation sites is 1. The van der Waals surface area contributed by atoms with Crippen molar-refractivity contribution in [3.05, 3.63) is 83.0 Å². The molecule has 0 radical (unpaired) electrons. The van der Waals surface area contributed by atoms with Crippen LogP contribution in [0.4, 0.5) is 0 Å². The van der Waals surface area contributed by atoms with E-state index in [0.29, 0.717) is 5.71 Å². The van der Waals surface area contributed by atoms with Crippen LogP contribution in [0, 0.1) is 26.2 Å². The highest BCUT2D eigenvalue weighted by Crippen LogP contribution is 2.37. The number of aromatic nitrogens is 2. The number of hydrogen-bond acceptors (Lipinski definition) is 3. The van der Waals surface area contributed by atoms with Gasteiger partial charge in [0.05, 0.1) is 11.4 Å². The lowest BCUT2D eigenvalue weighted by molar-refractivity contribution is 0.410. The lowest BCUT2D eigenvalue weighted by atomic mass is 9.86. The number of rotatable bonds is 3. The number of nitrogens with zero attached hydrogens (tertiary/aromatic N) is 2. The van der Waals surface area contributed by atoms with E-state index in [1.807, 2.05) is 6.20 Å². The maximum atomic E-state index is 6.40. The number of furan rings is 1. The van der Waals surface area contributed by atoms with Crippen LogP contribution in [0.2, 0.25) is 0 Å². The van der Waals surface area contributed by atoms with Crippen LogP contribution in [0.25, 0.3) is 44.6 Å². The van der Waals surface area contributed by atoms with Crippen molar-refractivity contribution < 1.29 is 4.42 Å². The Morgan fingerprint density at radius 1 is 0.788 bits per heavy atom. The molecule has 3 aromatic heterocycles. The van der Waals surface area contributed by atoms with Crippen molar-refractivity contribution in [2.45, 2.75) is 48.0 Å². The molecule has 0 amide bonds. The monoisotopic (exact) mass is 434 g/mol. The third-order valence-electron chi connectivity index (χ3n) is 6.31. The van der Waals surface area contributed by atoms with Crippen LogP contribution in [0.5, 0.6) is 0 Å². The SMILES string of the molecule is Cc1cnc(-c2cccc3c2oc2nc(-c4c(C)cccc4C)ccc23)cc1CC(C)(C)C. The first-order chi connectivity index (χ1) is 15.7. The van der Waals surface area contributed by atoms with Gasteiger partial charge in [0.25, 0.3) is 0 Å². The van der Waals surface area contributed by atoms with E-state index in [9.17, 15) is 0 Å². The molecule has 0 aliphatic carbocycles. The summed E-state index contributed by atoms with van der Waals surface area (Å²) in [5.41, 5.74) is 10.8. The molecular weight excluding hydrogens is 404 g/mol. The van der Waals surface area contributed by atoms with Crippen molar-refractivity contribution in [2.24, 2.45) is 5.41 Å². The predicted molar refractivity (Wildman–Crippen MR) is 138 cm³/mol. The third-order valence-corrected chi connectivity index (χ3v) is 6.31. The molecular formula is C30H30N2O. The highest BCUT2D eigenvalue weighted by atomic mass is 16.3. The van der Waals surface area contributed by atoms with Crippen LogP contribution in [-0.2, 0) is 6.42 Å². The van der Waals surface area contributed by atoms with Gasteiger partial charge in [-0.1, -0.05) is 51.1 Å². The fraction of sp³-hybridized carbons (Fsp3) is 0.267. The second-order valence-corrected chi connectivity index (χ2v) is 10.3. The zero-order chi connectivity index (χ0) is 23.3. The maximum absolute atomic E-state index is 6.40. The molecule has 0 unspecified atom stereocenters. The molecule has 0 atom stereocenters. The Labute approximate surface area is 195 Å². The third kappa shape index (κ3) is 3.93. The minimum absolute atomic E-state index is 0.211. The average molecular weight is 435 g/mol. The Kier molecular flexibility index (Phi) is 5.08. The topological polar surface area (TPSA) is 38.9 Å². The summed E-state index contributed by atoms with van der Waals surface area (Å²) in [6.07, 6.45) is 2.99. The Bertz CT molecular complexity index is 1480. The second-order valence-electron chi connectivity index (χ2n) is 10.3. The molecule has 3 nitrogen and oxygen atoms in total. The highest BCUT2D eigenvalue weighted by Gasteiger charge is 2.18. The first kappa shape index (κ1) is 21.4. The van der Waals surface area contributed by atoms with Crippen LogP contribution in [0.3, 0.4) is 0 Å². The van der Waals surface area contributed by atoms with Gasteiger partial charge in [0, 0.05) is 28.1 Å².